The lowest BCUT2D eigenvalue weighted by molar-refractivity contribution is 0.262. The molecule has 0 aliphatic carbocycles. The third kappa shape index (κ3) is 3.45. The Bertz CT molecular complexity index is 662. The molecule has 0 heterocycles. The summed E-state index contributed by atoms with van der Waals surface area (Å²) in [6.07, 6.45) is 0. The van der Waals surface area contributed by atoms with Gasteiger partial charge in [0.1, 0.15) is 11.6 Å². The van der Waals surface area contributed by atoms with Crippen LogP contribution in [-0.2, 0) is 0 Å². The molecular formula is C14H11ClF2N2O. The molecule has 2 rings (SSSR count). The third-order valence-corrected chi connectivity index (χ3v) is 3.02. The topological polar surface area (TPSA) is 41.1 Å². The minimum atomic E-state index is -0.840. The second kappa shape index (κ2) is 5.88. The van der Waals surface area contributed by atoms with Gasteiger partial charge in [0.05, 0.1) is 5.69 Å². The zero-order valence-corrected chi connectivity index (χ0v) is 11.3. The zero-order valence-electron chi connectivity index (χ0n) is 10.5. The smallest absolute Gasteiger partial charge is 0.308 e. The molecule has 0 unspecified atom stereocenters. The predicted octanol–water partition coefficient (Wildman–Crippen LogP) is 4.57. The molecule has 3 nitrogen and oxygen atoms in total. The highest BCUT2D eigenvalue weighted by molar-refractivity contribution is 6.31. The molecule has 0 radical (unpaired) electrons. The number of nitrogens with one attached hydrogen (secondary N) is 2. The first-order chi connectivity index (χ1) is 9.45. The van der Waals surface area contributed by atoms with Gasteiger partial charge in [-0.15, -0.1) is 0 Å². The molecule has 2 N–H and O–H groups in total. The molecule has 0 atom stereocenters. The van der Waals surface area contributed by atoms with Gasteiger partial charge in [-0.2, -0.15) is 0 Å². The number of rotatable bonds is 2. The highest BCUT2D eigenvalue weighted by Crippen LogP contribution is 2.20. The van der Waals surface area contributed by atoms with Crippen LogP contribution >= 0.6 is 11.6 Å². The van der Waals surface area contributed by atoms with Crippen LogP contribution in [0.3, 0.4) is 0 Å². The van der Waals surface area contributed by atoms with Crippen LogP contribution in [-0.4, -0.2) is 6.03 Å². The van der Waals surface area contributed by atoms with Crippen molar-refractivity contribution in [2.75, 3.05) is 10.6 Å². The van der Waals surface area contributed by atoms with Crippen LogP contribution in [0.2, 0.25) is 5.02 Å². The van der Waals surface area contributed by atoms with Crippen molar-refractivity contribution in [1.82, 2.24) is 0 Å². The highest BCUT2D eigenvalue weighted by atomic mass is 35.5. The molecule has 6 heteroatoms. The number of halogens is 3. The summed E-state index contributed by atoms with van der Waals surface area (Å²) in [4.78, 5) is 11.7. The molecule has 20 heavy (non-hydrogen) atoms. The van der Waals surface area contributed by atoms with Crippen LogP contribution < -0.4 is 10.6 Å². The number of amides is 2. The van der Waals surface area contributed by atoms with E-state index in [0.717, 1.165) is 17.7 Å². The first-order valence-corrected chi connectivity index (χ1v) is 6.13. The SMILES string of the molecule is Cc1cc(NC(=O)Nc2ccc(F)cc2F)ccc1Cl. The molecule has 0 aliphatic rings. The van der Waals surface area contributed by atoms with Crippen molar-refractivity contribution in [3.63, 3.8) is 0 Å². The minimum Gasteiger partial charge on any atom is -0.308 e. The van der Waals surface area contributed by atoms with E-state index in [1.54, 1.807) is 25.1 Å². The molecular weight excluding hydrogens is 286 g/mol. The maximum atomic E-state index is 13.4. The summed E-state index contributed by atoms with van der Waals surface area (Å²) < 4.78 is 26.1. The fraction of sp³-hybridized carbons (Fsp3) is 0.0714. The van der Waals surface area contributed by atoms with Gasteiger partial charge in [-0.3, -0.25) is 0 Å². The Morgan fingerprint density at radius 1 is 1.10 bits per heavy atom. The average Bonchev–Trinajstić information content (AvgIpc) is 2.37. The summed E-state index contributed by atoms with van der Waals surface area (Å²) in [6, 6.07) is 7.23. The average molecular weight is 297 g/mol. The van der Waals surface area contributed by atoms with E-state index in [0.29, 0.717) is 16.8 Å². The monoisotopic (exact) mass is 296 g/mol. The number of carbonyl (C=O) groups is 1. The summed E-state index contributed by atoms with van der Waals surface area (Å²) in [5, 5.41) is 5.41. The van der Waals surface area contributed by atoms with Crippen LogP contribution in [0.25, 0.3) is 0 Å². The van der Waals surface area contributed by atoms with Gasteiger partial charge in [0, 0.05) is 16.8 Å². The second-order valence-electron chi connectivity index (χ2n) is 4.17. The Balaban J connectivity index is 2.07. The number of benzene rings is 2. The Morgan fingerprint density at radius 2 is 1.85 bits per heavy atom. The largest absolute Gasteiger partial charge is 0.323 e. The number of hydrogen-bond acceptors (Lipinski definition) is 1. The van der Waals surface area contributed by atoms with E-state index < -0.39 is 17.7 Å². The Labute approximate surface area is 119 Å². The number of aryl methyl sites for hydroxylation is 1. The van der Waals surface area contributed by atoms with Crippen molar-refractivity contribution >= 4 is 29.0 Å². The number of urea groups is 1. The lowest BCUT2D eigenvalue weighted by Crippen LogP contribution is -2.20. The lowest BCUT2D eigenvalue weighted by Gasteiger charge is -2.09. The van der Waals surface area contributed by atoms with Crippen molar-refractivity contribution in [2.45, 2.75) is 6.92 Å². The van der Waals surface area contributed by atoms with Crippen molar-refractivity contribution in [3.05, 3.63) is 58.6 Å². The maximum Gasteiger partial charge on any atom is 0.323 e. The highest BCUT2D eigenvalue weighted by Gasteiger charge is 2.08. The normalized spacial score (nSPS) is 10.2. The molecule has 0 spiro atoms. The first-order valence-electron chi connectivity index (χ1n) is 5.75. The van der Waals surface area contributed by atoms with E-state index in [1.165, 1.54) is 0 Å². The Hall–Kier alpha value is -2.14. The van der Waals surface area contributed by atoms with E-state index >= 15 is 0 Å². The van der Waals surface area contributed by atoms with E-state index in [4.69, 9.17) is 11.6 Å². The molecule has 0 fully saturated rings. The summed E-state index contributed by atoms with van der Waals surface area (Å²) in [5.41, 5.74) is 1.22. The van der Waals surface area contributed by atoms with E-state index in [2.05, 4.69) is 10.6 Å². The molecule has 2 aromatic rings. The molecule has 2 amide bonds. The summed E-state index contributed by atoms with van der Waals surface area (Å²) >= 11 is 5.87. The minimum absolute atomic E-state index is 0.102. The van der Waals surface area contributed by atoms with Gasteiger partial charge in [-0.05, 0) is 42.8 Å². The van der Waals surface area contributed by atoms with Crippen LogP contribution in [0.5, 0.6) is 0 Å². The van der Waals surface area contributed by atoms with E-state index in [1.807, 2.05) is 0 Å². The van der Waals surface area contributed by atoms with Gasteiger partial charge >= 0.3 is 6.03 Å². The number of anilines is 2. The summed E-state index contributed by atoms with van der Waals surface area (Å²) in [5.74, 6) is -1.55. The van der Waals surface area contributed by atoms with Gasteiger partial charge in [-0.1, -0.05) is 11.6 Å². The molecule has 2 aromatic carbocycles. The molecule has 0 aromatic heterocycles. The van der Waals surface area contributed by atoms with Crippen LogP contribution in [0, 0.1) is 18.6 Å². The lowest BCUT2D eigenvalue weighted by atomic mass is 10.2. The predicted molar refractivity (Wildman–Crippen MR) is 75.2 cm³/mol. The van der Waals surface area contributed by atoms with Crippen molar-refractivity contribution in [3.8, 4) is 0 Å². The Morgan fingerprint density at radius 3 is 2.50 bits per heavy atom. The fourth-order valence-electron chi connectivity index (χ4n) is 1.60. The molecule has 0 saturated carbocycles. The van der Waals surface area contributed by atoms with Gasteiger partial charge < -0.3 is 10.6 Å². The van der Waals surface area contributed by atoms with Crippen molar-refractivity contribution in [1.29, 1.82) is 0 Å². The molecule has 0 bridgehead atoms. The van der Waals surface area contributed by atoms with Crippen LogP contribution in [0.15, 0.2) is 36.4 Å². The second-order valence-corrected chi connectivity index (χ2v) is 4.57. The maximum absolute atomic E-state index is 13.4. The fourth-order valence-corrected chi connectivity index (χ4v) is 1.72. The van der Waals surface area contributed by atoms with Gasteiger partial charge in [0.2, 0.25) is 0 Å². The number of carbonyl (C=O) groups excluding carboxylic acids is 1. The molecule has 104 valence electrons. The van der Waals surface area contributed by atoms with Gasteiger partial charge in [0.25, 0.3) is 0 Å². The summed E-state index contributed by atoms with van der Waals surface area (Å²) in [7, 11) is 0. The van der Waals surface area contributed by atoms with Crippen molar-refractivity contribution in [2.24, 2.45) is 0 Å². The molecule has 0 aliphatic heterocycles. The standard InChI is InChI=1S/C14H11ClF2N2O/c1-8-6-10(3-4-11(8)15)18-14(20)19-13-5-2-9(16)7-12(13)17/h2-7H,1H3,(H2,18,19,20). The van der Waals surface area contributed by atoms with E-state index in [9.17, 15) is 13.6 Å². The molecule has 0 saturated heterocycles. The quantitative estimate of drug-likeness (QED) is 0.837. The van der Waals surface area contributed by atoms with Gasteiger partial charge in [0.15, 0.2) is 0 Å². The number of hydrogen-bond donors (Lipinski definition) is 2. The first kappa shape index (κ1) is 14.3. The third-order valence-electron chi connectivity index (χ3n) is 2.60. The zero-order chi connectivity index (χ0) is 14.7. The van der Waals surface area contributed by atoms with Crippen LogP contribution in [0.1, 0.15) is 5.56 Å². The van der Waals surface area contributed by atoms with Crippen LogP contribution in [0.4, 0.5) is 25.0 Å². The van der Waals surface area contributed by atoms with Crippen molar-refractivity contribution < 1.29 is 13.6 Å². The van der Waals surface area contributed by atoms with E-state index in [-0.39, 0.29) is 5.69 Å². The van der Waals surface area contributed by atoms with Gasteiger partial charge in [-0.25, -0.2) is 13.6 Å². The Kier molecular flexibility index (Phi) is 4.20. The summed E-state index contributed by atoms with van der Waals surface area (Å²) in [6.45, 7) is 1.80.